The van der Waals surface area contributed by atoms with Crippen LogP contribution in [0.3, 0.4) is 0 Å². The molecule has 1 heterocycles. The third-order valence-corrected chi connectivity index (χ3v) is 5.41. The smallest absolute Gasteiger partial charge is 0.267 e. The molecule has 0 aliphatic heterocycles. The maximum Gasteiger partial charge on any atom is 0.312 e. The van der Waals surface area contributed by atoms with Crippen LogP contribution in [0.15, 0.2) is 57.5 Å². The molecule has 3 rings (SSSR count). The topological polar surface area (TPSA) is 79.9 Å². The molecule has 126 valence electrons. The summed E-state index contributed by atoms with van der Waals surface area (Å²) < 4.78 is 38.6. The average Bonchev–Trinajstić information content (AvgIpc) is 2.95. The normalized spacial score (nSPS) is 11.2. The number of rotatable bonds is 3. The summed E-state index contributed by atoms with van der Waals surface area (Å²) in [7, 11) is -3.68. The molecule has 2 aromatic carbocycles. The molecule has 3 aromatic rings. The van der Waals surface area contributed by atoms with Crippen LogP contribution in [0.1, 0.15) is 5.56 Å². The van der Waals surface area contributed by atoms with Crippen molar-refractivity contribution in [1.29, 1.82) is 5.26 Å². The number of aromatic nitrogens is 1. The van der Waals surface area contributed by atoms with Crippen molar-refractivity contribution in [2.45, 2.75) is 4.90 Å². The molecule has 0 aliphatic carbocycles. The summed E-state index contributed by atoms with van der Waals surface area (Å²) in [6.45, 7) is 0. The van der Waals surface area contributed by atoms with Crippen molar-refractivity contribution in [1.82, 2.24) is 4.57 Å². The highest BCUT2D eigenvalue weighted by molar-refractivity contribution is 7.90. The van der Waals surface area contributed by atoms with Gasteiger partial charge >= 0.3 is 4.87 Å². The lowest BCUT2D eigenvalue weighted by molar-refractivity contribution is 0.571. The van der Waals surface area contributed by atoms with Crippen LogP contribution in [-0.4, -0.2) is 19.2 Å². The Hall–Kier alpha value is -2.76. The van der Waals surface area contributed by atoms with Crippen molar-refractivity contribution < 1.29 is 12.8 Å². The molecular formula is C17H11FN2O3S2. The van der Waals surface area contributed by atoms with Gasteiger partial charge in [0.15, 0.2) is 9.84 Å². The minimum absolute atomic E-state index is 0.294. The maximum atomic E-state index is 14.2. The molecule has 5 nitrogen and oxygen atoms in total. The van der Waals surface area contributed by atoms with E-state index in [2.05, 4.69) is 0 Å². The Balaban J connectivity index is 2.19. The summed E-state index contributed by atoms with van der Waals surface area (Å²) in [4.78, 5) is 11.5. The third kappa shape index (κ3) is 3.24. The molecule has 0 bridgehead atoms. The van der Waals surface area contributed by atoms with Crippen molar-refractivity contribution in [2.24, 2.45) is 0 Å². The van der Waals surface area contributed by atoms with E-state index in [1.54, 1.807) is 29.6 Å². The highest BCUT2D eigenvalue weighted by Gasteiger charge is 2.17. The van der Waals surface area contributed by atoms with Crippen LogP contribution in [-0.2, 0) is 9.84 Å². The van der Waals surface area contributed by atoms with Crippen molar-refractivity contribution in [2.75, 3.05) is 6.26 Å². The van der Waals surface area contributed by atoms with E-state index in [1.165, 1.54) is 16.7 Å². The molecule has 0 saturated heterocycles. The number of nitrogens with zero attached hydrogens (tertiary/aromatic N) is 2. The Labute approximate surface area is 147 Å². The molecule has 0 amide bonds. The first-order chi connectivity index (χ1) is 11.8. The van der Waals surface area contributed by atoms with Gasteiger partial charge in [0.25, 0.3) is 0 Å². The zero-order valence-corrected chi connectivity index (χ0v) is 14.6. The quantitative estimate of drug-likeness (QED) is 0.706. The Morgan fingerprint density at radius 2 is 1.96 bits per heavy atom. The number of thiazole rings is 1. The van der Waals surface area contributed by atoms with Gasteiger partial charge in [0, 0.05) is 17.2 Å². The highest BCUT2D eigenvalue weighted by atomic mass is 32.2. The van der Waals surface area contributed by atoms with Gasteiger partial charge in [-0.05, 0) is 30.3 Å². The SMILES string of the molecule is CS(=O)(=O)c1ccc(-c2csc(=O)n2-c2cccc(C#N)c2)cc1F. The second-order valence-electron chi connectivity index (χ2n) is 5.30. The molecule has 25 heavy (non-hydrogen) atoms. The number of sulfone groups is 1. The average molecular weight is 374 g/mol. The van der Waals surface area contributed by atoms with Crippen LogP contribution in [0.2, 0.25) is 0 Å². The summed E-state index contributed by atoms with van der Waals surface area (Å²) in [5, 5.41) is 10.6. The van der Waals surface area contributed by atoms with Gasteiger partial charge in [-0.25, -0.2) is 12.8 Å². The number of nitriles is 1. The highest BCUT2D eigenvalue weighted by Crippen LogP contribution is 2.27. The molecule has 8 heteroatoms. The molecule has 0 aliphatic rings. The lowest BCUT2D eigenvalue weighted by atomic mass is 10.1. The van der Waals surface area contributed by atoms with Crippen LogP contribution in [0.5, 0.6) is 0 Å². The van der Waals surface area contributed by atoms with Gasteiger partial charge in [0.05, 0.1) is 23.0 Å². The monoisotopic (exact) mass is 374 g/mol. The van der Waals surface area contributed by atoms with Crippen LogP contribution >= 0.6 is 11.3 Å². The molecule has 0 saturated carbocycles. The van der Waals surface area contributed by atoms with Crippen LogP contribution in [0.4, 0.5) is 4.39 Å². The predicted molar refractivity (Wildman–Crippen MR) is 93.1 cm³/mol. The summed E-state index contributed by atoms with van der Waals surface area (Å²) in [5.74, 6) is -0.879. The van der Waals surface area contributed by atoms with Crippen LogP contribution in [0.25, 0.3) is 16.9 Å². The molecule has 0 unspecified atom stereocenters. The largest absolute Gasteiger partial charge is 0.312 e. The standard InChI is InChI=1S/C17H11FN2O3S2/c1-25(22,23)16-6-5-12(8-14(16)18)15-10-24-17(21)20(15)13-4-2-3-11(7-13)9-19/h2-8,10H,1H3. The van der Waals surface area contributed by atoms with E-state index < -0.39 is 20.5 Å². The van der Waals surface area contributed by atoms with Gasteiger partial charge < -0.3 is 0 Å². The van der Waals surface area contributed by atoms with E-state index in [1.807, 2.05) is 6.07 Å². The fraction of sp³-hybridized carbons (Fsp3) is 0.0588. The molecular weight excluding hydrogens is 363 g/mol. The Morgan fingerprint density at radius 1 is 1.20 bits per heavy atom. The van der Waals surface area contributed by atoms with E-state index in [0.29, 0.717) is 22.5 Å². The Bertz CT molecular complexity index is 1170. The number of hydrogen-bond acceptors (Lipinski definition) is 5. The van der Waals surface area contributed by atoms with Gasteiger partial charge in [-0.2, -0.15) is 5.26 Å². The van der Waals surface area contributed by atoms with Gasteiger partial charge in [0.1, 0.15) is 10.7 Å². The maximum absolute atomic E-state index is 14.2. The second kappa shape index (κ2) is 6.27. The molecule has 0 N–H and O–H groups in total. The molecule has 0 atom stereocenters. The minimum atomic E-state index is -3.68. The Kier molecular flexibility index (Phi) is 4.29. The molecule has 0 spiro atoms. The second-order valence-corrected chi connectivity index (χ2v) is 8.11. The molecule has 0 fully saturated rings. The first-order valence-electron chi connectivity index (χ1n) is 7.02. The zero-order chi connectivity index (χ0) is 18.2. The zero-order valence-electron chi connectivity index (χ0n) is 12.9. The van der Waals surface area contributed by atoms with Gasteiger partial charge in [-0.3, -0.25) is 9.36 Å². The van der Waals surface area contributed by atoms with E-state index >= 15 is 0 Å². The fourth-order valence-corrected chi connectivity index (χ4v) is 3.92. The van der Waals surface area contributed by atoms with Gasteiger partial charge in [0.2, 0.25) is 0 Å². The summed E-state index contributed by atoms with van der Waals surface area (Å²) in [5.41, 5.74) is 1.66. The fourth-order valence-electron chi connectivity index (χ4n) is 2.43. The van der Waals surface area contributed by atoms with Crippen molar-refractivity contribution in [3.05, 3.63) is 68.9 Å². The van der Waals surface area contributed by atoms with E-state index in [0.717, 1.165) is 23.7 Å². The predicted octanol–water partition coefficient (Wildman–Crippen LogP) is 2.98. The first kappa shape index (κ1) is 17.1. The van der Waals surface area contributed by atoms with Gasteiger partial charge in [-0.1, -0.05) is 23.5 Å². The van der Waals surface area contributed by atoms with E-state index in [9.17, 15) is 17.6 Å². The van der Waals surface area contributed by atoms with E-state index in [-0.39, 0.29) is 4.87 Å². The number of halogens is 1. The number of benzene rings is 2. The molecule has 0 radical (unpaired) electrons. The summed E-state index contributed by atoms with van der Waals surface area (Å²) in [6.07, 6.45) is 0.930. The Morgan fingerprint density at radius 3 is 2.60 bits per heavy atom. The summed E-state index contributed by atoms with van der Waals surface area (Å²) >= 11 is 0.934. The molecule has 1 aromatic heterocycles. The number of hydrogen-bond donors (Lipinski definition) is 0. The third-order valence-electron chi connectivity index (χ3n) is 3.56. The lowest BCUT2D eigenvalue weighted by Gasteiger charge is -2.09. The lowest BCUT2D eigenvalue weighted by Crippen LogP contribution is -2.12. The van der Waals surface area contributed by atoms with Crippen LogP contribution in [0, 0.1) is 17.1 Å². The van der Waals surface area contributed by atoms with E-state index in [4.69, 9.17) is 5.26 Å². The van der Waals surface area contributed by atoms with Crippen molar-refractivity contribution in [3.63, 3.8) is 0 Å². The van der Waals surface area contributed by atoms with Crippen LogP contribution < -0.4 is 4.87 Å². The van der Waals surface area contributed by atoms with Gasteiger partial charge in [-0.15, -0.1) is 0 Å². The minimum Gasteiger partial charge on any atom is -0.267 e. The van der Waals surface area contributed by atoms with Crippen molar-refractivity contribution in [3.8, 4) is 23.0 Å². The summed E-state index contributed by atoms with van der Waals surface area (Å²) in [6, 6.07) is 12.2. The first-order valence-corrected chi connectivity index (χ1v) is 9.79. The van der Waals surface area contributed by atoms with Crippen molar-refractivity contribution >= 4 is 21.2 Å².